The Hall–Kier alpha value is -1.82. The maximum absolute atomic E-state index is 4.34. The lowest BCUT2D eigenvalue weighted by atomic mass is 10.2. The third kappa shape index (κ3) is 4.59. The maximum Gasteiger partial charge on any atom is 0.193 e. The highest BCUT2D eigenvalue weighted by Crippen LogP contribution is 2.11. The summed E-state index contributed by atoms with van der Waals surface area (Å²) in [6, 6.07) is 8.34. The minimum absolute atomic E-state index is 0.814. The predicted octanol–water partition coefficient (Wildman–Crippen LogP) is 2.66. The molecule has 0 aliphatic rings. The minimum Gasteiger partial charge on any atom is -0.354 e. The molecule has 0 aliphatic heterocycles. The van der Waals surface area contributed by atoms with E-state index in [0.717, 1.165) is 35.9 Å². The number of halogens is 1. The van der Waals surface area contributed by atoms with Crippen LogP contribution in [-0.4, -0.2) is 41.1 Å². The van der Waals surface area contributed by atoms with Gasteiger partial charge in [-0.15, -0.1) is 0 Å². The zero-order valence-corrected chi connectivity index (χ0v) is 14.8. The summed E-state index contributed by atoms with van der Waals surface area (Å²) in [7, 11) is 3.85. The predicted molar refractivity (Wildman–Crippen MR) is 93.9 cm³/mol. The van der Waals surface area contributed by atoms with Crippen LogP contribution in [0.25, 0.3) is 0 Å². The second-order valence-corrected chi connectivity index (χ2v) is 6.04. The van der Waals surface area contributed by atoms with Gasteiger partial charge in [0.25, 0.3) is 0 Å². The molecular weight excluding hydrogens is 342 g/mol. The zero-order chi connectivity index (χ0) is 15.9. The quantitative estimate of drug-likeness (QED) is 0.656. The Balaban J connectivity index is 1.85. The van der Waals surface area contributed by atoms with Gasteiger partial charge in [0.15, 0.2) is 5.96 Å². The maximum atomic E-state index is 4.34. The van der Waals surface area contributed by atoms with Crippen LogP contribution >= 0.6 is 15.9 Å². The van der Waals surface area contributed by atoms with E-state index in [-0.39, 0.29) is 0 Å². The van der Waals surface area contributed by atoms with Crippen LogP contribution in [0.2, 0.25) is 0 Å². The molecule has 0 bridgehead atoms. The Morgan fingerprint density at radius 1 is 1.36 bits per heavy atom. The molecule has 1 aromatic heterocycles. The molecule has 0 saturated carbocycles. The van der Waals surface area contributed by atoms with E-state index in [1.54, 1.807) is 0 Å². The summed E-state index contributed by atoms with van der Waals surface area (Å²) >= 11 is 3.46. The van der Waals surface area contributed by atoms with E-state index >= 15 is 0 Å². The van der Waals surface area contributed by atoms with E-state index in [4.69, 9.17) is 0 Å². The van der Waals surface area contributed by atoms with Crippen LogP contribution in [0.15, 0.2) is 46.1 Å². The summed E-state index contributed by atoms with van der Waals surface area (Å²) < 4.78 is 3.21. The molecule has 1 heterocycles. The summed E-state index contributed by atoms with van der Waals surface area (Å²) in [6.07, 6.45) is 3.81. The van der Waals surface area contributed by atoms with Gasteiger partial charge in [-0.05, 0) is 24.6 Å². The van der Waals surface area contributed by atoms with Crippen LogP contribution in [0.4, 0.5) is 0 Å². The van der Waals surface area contributed by atoms with Gasteiger partial charge < -0.3 is 14.8 Å². The number of imidazole rings is 1. The number of rotatable bonds is 5. The first-order valence-electron chi connectivity index (χ1n) is 7.24. The summed E-state index contributed by atoms with van der Waals surface area (Å²) in [5.74, 6) is 1.92. The van der Waals surface area contributed by atoms with Gasteiger partial charge in [0, 0.05) is 50.6 Å². The normalized spacial score (nSPS) is 11.5. The van der Waals surface area contributed by atoms with Gasteiger partial charge in [0.05, 0.1) is 0 Å². The second-order valence-electron chi connectivity index (χ2n) is 5.12. The van der Waals surface area contributed by atoms with E-state index in [1.165, 1.54) is 5.56 Å². The van der Waals surface area contributed by atoms with Crippen molar-refractivity contribution < 1.29 is 0 Å². The molecule has 0 atom stereocenters. The summed E-state index contributed by atoms with van der Waals surface area (Å²) in [5.41, 5.74) is 1.25. The molecule has 2 rings (SSSR count). The smallest absolute Gasteiger partial charge is 0.193 e. The molecular formula is C16H22BrN5. The third-order valence-corrected chi connectivity index (χ3v) is 3.99. The Labute approximate surface area is 140 Å². The van der Waals surface area contributed by atoms with E-state index in [2.05, 4.69) is 65.0 Å². The number of guanidine groups is 1. The van der Waals surface area contributed by atoms with Crippen molar-refractivity contribution in [1.82, 2.24) is 19.8 Å². The fraction of sp³-hybridized carbons (Fsp3) is 0.375. The number of hydrogen-bond donors (Lipinski definition) is 1. The van der Waals surface area contributed by atoms with Gasteiger partial charge >= 0.3 is 0 Å². The Kier molecular flexibility index (Phi) is 6.00. The van der Waals surface area contributed by atoms with Gasteiger partial charge in [0.2, 0.25) is 0 Å². The van der Waals surface area contributed by atoms with Gasteiger partial charge in [-0.25, -0.2) is 4.98 Å². The summed E-state index contributed by atoms with van der Waals surface area (Å²) in [5, 5.41) is 3.38. The Morgan fingerprint density at radius 2 is 2.09 bits per heavy atom. The minimum atomic E-state index is 0.814. The van der Waals surface area contributed by atoms with Crippen molar-refractivity contribution in [3.63, 3.8) is 0 Å². The molecule has 6 heteroatoms. The lowest BCUT2D eigenvalue weighted by Crippen LogP contribution is -2.39. The van der Waals surface area contributed by atoms with Gasteiger partial charge in [-0.1, -0.05) is 28.1 Å². The van der Waals surface area contributed by atoms with Gasteiger partial charge in [-0.2, -0.15) is 0 Å². The van der Waals surface area contributed by atoms with Crippen LogP contribution in [0, 0.1) is 6.92 Å². The van der Waals surface area contributed by atoms with Crippen LogP contribution in [-0.2, 0) is 13.1 Å². The number of aromatic nitrogens is 2. The van der Waals surface area contributed by atoms with Crippen LogP contribution in [0.3, 0.4) is 0 Å². The lowest BCUT2D eigenvalue weighted by molar-refractivity contribution is 0.473. The average Bonchev–Trinajstić information content (AvgIpc) is 2.91. The first-order chi connectivity index (χ1) is 10.6. The van der Waals surface area contributed by atoms with Gasteiger partial charge in [0.1, 0.15) is 5.82 Å². The fourth-order valence-corrected chi connectivity index (χ4v) is 2.52. The van der Waals surface area contributed by atoms with E-state index < -0.39 is 0 Å². The van der Waals surface area contributed by atoms with Crippen molar-refractivity contribution in [2.24, 2.45) is 4.99 Å². The highest BCUT2D eigenvalue weighted by molar-refractivity contribution is 9.10. The Morgan fingerprint density at radius 3 is 2.68 bits per heavy atom. The second kappa shape index (κ2) is 7.98. The Bertz CT molecular complexity index is 618. The molecule has 2 aromatic rings. The molecule has 0 unspecified atom stereocenters. The molecule has 22 heavy (non-hydrogen) atoms. The van der Waals surface area contributed by atoms with Crippen molar-refractivity contribution in [1.29, 1.82) is 0 Å². The van der Waals surface area contributed by atoms with Gasteiger partial charge in [-0.3, -0.25) is 4.99 Å². The molecule has 5 nitrogen and oxygen atoms in total. The van der Waals surface area contributed by atoms with Crippen molar-refractivity contribution >= 4 is 21.9 Å². The van der Waals surface area contributed by atoms with E-state index in [0.29, 0.717) is 0 Å². The molecule has 1 aromatic carbocycles. The third-order valence-electron chi connectivity index (χ3n) is 3.47. The molecule has 1 N–H and O–H groups in total. The fourth-order valence-electron chi connectivity index (χ4n) is 2.25. The van der Waals surface area contributed by atoms with Crippen LogP contribution in [0.1, 0.15) is 11.4 Å². The molecule has 0 saturated heterocycles. The number of aryl methyl sites for hydroxylation is 1. The van der Waals surface area contributed by atoms with Crippen molar-refractivity contribution in [2.45, 2.75) is 20.0 Å². The van der Waals surface area contributed by atoms with Crippen LogP contribution in [0.5, 0.6) is 0 Å². The standard InChI is InChI=1S/C16H22BrN5/c1-13-19-8-10-22(13)11-9-20-16(18-2)21(3)12-14-4-6-15(17)7-5-14/h4-8,10H,9,11-12H2,1-3H3,(H,18,20). The monoisotopic (exact) mass is 363 g/mol. The highest BCUT2D eigenvalue weighted by Gasteiger charge is 2.06. The number of benzene rings is 1. The highest BCUT2D eigenvalue weighted by atomic mass is 79.9. The average molecular weight is 364 g/mol. The lowest BCUT2D eigenvalue weighted by Gasteiger charge is -2.22. The number of nitrogens with one attached hydrogen (secondary N) is 1. The topological polar surface area (TPSA) is 45.5 Å². The van der Waals surface area contributed by atoms with Crippen LogP contribution < -0.4 is 5.32 Å². The molecule has 0 fully saturated rings. The molecule has 0 aliphatic carbocycles. The number of hydrogen-bond acceptors (Lipinski definition) is 2. The molecule has 118 valence electrons. The van der Waals surface area contributed by atoms with Crippen molar-refractivity contribution in [3.8, 4) is 0 Å². The number of aliphatic imine (C=N–C) groups is 1. The molecule has 0 amide bonds. The van der Waals surface area contributed by atoms with E-state index in [1.807, 2.05) is 33.4 Å². The molecule has 0 radical (unpaired) electrons. The van der Waals surface area contributed by atoms with E-state index in [9.17, 15) is 0 Å². The number of nitrogens with zero attached hydrogens (tertiary/aromatic N) is 4. The first-order valence-corrected chi connectivity index (χ1v) is 8.03. The summed E-state index contributed by atoms with van der Waals surface area (Å²) in [6.45, 7) is 4.51. The summed E-state index contributed by atoms with van der Waals surface area (Å²) in [4.78, 5) is 10.7. The van der Waals surface area contributed by atoms with Crippen molar-refractivity contribution in [2.75, 3.05) is 20.6 Å². The molecule has 0 spiro atoms. The largest absolute Gasteiger partial charge is 0.354 e. The zero-order valence-electron chi connectivity index (χ0n) is 13.3. The van der Waals surface area contributed by atoms with Crippen molar-refractivity contribution in [3.05, 3.63) is 52.5 Å². The SMILES string of the molecule is CN=C(NCCn1ccnc1C)N(C)Cc1ccc(Br)cc1. The first kappa shape index (κ1) is 16.5.